The maximum absolute atomic E-state index is 10.1. The largest absolute Gasteiger partial charge is 0.478 e. The number of carboxylic acid groups (broad SMARTS) is 1. The number of carboxylic acids is 1. The zero-order chi connectivity index (χ0) is 9.56. The van der Waals surface area contributed by atoms with E-state index in [1.807, 2.05) is 6.92 Å². The van der Waals surface area contributed by atoms with Gasteiger partial charge >= 0.3 is 5.97 Å². The molecule has 0 aromatic heterocycles. The van der Waals surface area contributed by atoms with Gasteiger partial charge in [0, 0.05) is 6.08 Å². The van der Waals surface area contributed by atoms with Crippen LogP contribution in [0.1, 0.15) is 27.2 Å². The molecular weight excluding hydrogens is 152 g/mol. The molecule has 0 saturated carbocycles. The Morgan fingerprint density at radius 1 is 1.50 bits per heavy atom. The minimum absolute atomic E-state index is 0.517. The number of rotatable bonds is 4. The van der Waals surface area contributed by atoms with E-state index < -0.39 is 5.97 Å². The van der Waals surface area contributed by atoms with Gasteiger partial charge in [0.1, 0.15) is 0 Å². The van der Waals surface area contributed by atoms with Crippen molar-refractivity contribution in [3.8, 4) is 0 Å². The molecule has 0 heterocycles. The monoisotopic (exact) mass is 168 g/mol. The maximum atomic E-state index is 10.1. The van der Waals surface area contributed by atoms with Gasteiger partial charge < -0.3 is 5.11 Å². The van der Waals surface area contributed by atoms with Gasteiger partial charge in [-0.3, -0.25) is 0 Å². The van der Waals surface area contributed by atoms with Crippen LogP contribution in [0.25, 0.3) is 0 Å². The Morgan fingerprint density at radius 2 is 2.08 bits per heavy atom. The molecule has 1 N–H and O–H groups in total. The zero-order valence-corrected chi connectivity index (χ0v) is 7.87. The summed E-state index contributed by atoms with van der Waals surface area (Å²) < 4.78 is 0. The topological polar surface area (TPSA) is 37.3 Å². The maximum Gasteiger partial charge on any atom is 0.328 e. The third-order valence-corrected chi connectivity index (χ3v) is 1.68. The van der Waals surface area contributed by atoms with Crippen molar-refractivity contribution in [2.75, 3.05) is 0 Å². The molecule has 0 spiro atoms. The van der Waals surface area contributed by atoms with Crippen LogP contribution in [0.15, 0.2) is 23.8 Å². The third kappa shape index (κ3) is 5.71. The summed E-state index contributed by atoms with van der Waals surface area (Å²) in [6.07, 6.45) is 5.93. The van der Waals surface area contributed by atoms with Crippen LogP contribution in [-0.4, -0.2) is 11.1 Å². The van der Waals surface area contributed by atoms with Gasteiger partial charge in [-0.2, -0.15) is 0 Å². The molecule has 2 nitrogen and oxygen atoms in total. The predicted molar refractivity (Wildman–Crippen MR) is 50.0 cm³/mol. The molecule has 1 atom stereocenters. The SMILES string of the molecule is CC[C@H](C)C=C(C)C=CC(=O)O. The van der Waals surface area contributed by atoms with Gasteiger partial charge in [-0.15, -0.1) is 0 Å². The second kappa shape index (κ2) is 5.58. The molecule has 0 amide bonds. The predicted octanol–water partition coefficient (Wildman–Crippen LogP) is 2.62. The molecule has 0 aliphatic rings. The summed E-state index contributed by atoms with van der Waals surface area (Å²) in [6.45, 7) is 6.12. The van der Waals surface area contributed by atoms with Crippen molar-refractivity contribution in [2.24, 2.45) is 5.92 Å². The molecule has 0 saturated heterocycles. The van der Waals surface area contributed by atoms with E-state index in [2.05, 4.69) is 19.9 Å². The van der Waals surface area contributed by atoms with Crippen LogP contribution in [0.5, 0.6) is 0 Å². The second-order valence-corrected chi connectivity index (χ2v) is 2.97. The van der Waals surface area contributed by atoms with E-state index in [-0.39, 0.29) is 0 Å². The van der Waals surface area contributed by atoms with E-state index in [0.29, 0.717) is 5.92 Å². The van der Waals surface area contributed by atoms with Crippen LogP contribution in [-0.2, 0) is 4.79 Å². The Kier molecular flexibility index (Phi) is 5.09. The van der Waals surface area contributed by atoms with Crippen molar-refractivity contribution in [1.29, 1.82) is 0 Å². The molecule has 0 aromatic carbocycles. The summed E-state index contributed by atoms with van der Waals surface area (Å²) >= 11 is 0. The molecule has 0 aliphatic carbocycles. The van der Waals surface area contributed by atoms with Crippen molar-refractivity contribution in [3.63, 3.8) is 0 Å². The molecule has 0 radical (unpaired) electrons. The van der Waals surface area contributed by atoms with Gasteiger partial charge in [0.25, 0.3) is 0 Å². The highest BCUT2D eigenvalue weighted by Crippen LogP contribution is 2.07. The first-order chi connectivity index (χ1) is 5.56. The van der Waals surface area contributed by atoms with Crippen molar-refractivity contribution < 1.29 is 9.90 Å². The van der Waals surface area contributed by atoms with Crippen molar-refractivity contribution in [1.82, 2.24) is 0 Å². The average Bonchev–Trinajstić information content (AvgIpc) is 2.00. The van der Waals surface area contributed by atoms with E-state index in [9.17, 15) is 4.79 Å². The second-order valence-electron chi connectivity index (χ2n) is 2.97. The Hall–Kier alpha value is -1.05. The Balaban J connectivity index is 4.10. The number of carbonyl (C=O) groups is 1. The van der Waals surface area contributed by atoms with Gasteiger partial charge in [-0.05, 0) is 12.8 Å². The first kappa shape index (κ1) is 11.0. The van der Waals surface area contributed by atoms with Gasteiger partial charge in [-0.1, -0.05) is 38.0 Å². The van der Waals surface area contributed by atoms with Crippen molar-refractivity contribution >= 4 is 5.97 Å². The quantitative estimate of drug-likeness (QED) is 0.517. The van der Waals surface area contributed by atoms with Crippen LogP contribution < -0.4 is 0 Å². The van der Waals surface area contributed by atoms with Gasteiger partial charge in [-0.25, -0.2) is 4.79 Å². The minimum Gasteiger partial charge on any atom is -0.478 e. The summed E-state index contributed by atoms with van der Waals surface area (Å²) in [5.41, 5.74) is 1.01. The lowest BCUT2D eigenvalue weighted by Crippen LogP contribution is -1.89. The molecule has 2 heteroatoms. The molecule has 0 rings (SSSR count). The molecule has 0 aromatic rings. The molecule has 68 valence electrons. The fraction of sp³-hybridized carbons (Fsp3) is 0.500. The first-order valence-corrected chi connectivity index (χ1v) is 4.15. The average molecular weight is 168 g/mol. The van der Waals surface area contributed by atoms with Crippen LogP contribution in [0.2, 0.25) is 0 Å². The third-order valence-electron chi connectivity index (χ3n) is 1.68. The summed E-state index contributed by atoms with van der Waals surface area (Å²) in [4.78, 5) is 10.1. The lowest BCUT2D eigenvalue weighted by Gasteiger charge is -2.00. The zero-order valence-electron chi connectivity index (χ0n) is 7.87. The molecule has 0 aliphatic heterocycles. The summed E-state index contributed by atoms with van der Waals surface area (Å²) in [5.74, 6) is -0.379. The van der Waals surface area contributed by atoms with Crippen molar-refractivity contribution in [3.05, 3.63) is 23.8 Å². The van der Waals surface area contributed by atoms with E-state index >= 15 is 0 Å². The van der Waals surface area contributed by atoms with Gasteiger partial charge in [0.15, 0.2) is 0 Å². The number of aliphatic carboxylic acids is 1. The number of hydrogen-bond acceptors (Lipinski definition) is 1. The van der Waals surface area contributed by atoms with Gasteiger partial charge in [0.2, 0.25) is 0 Å². The smallest absolute Gasteiger partial charge is 0.328 e. The van der Waals surface area contributed by atoms with Crippen LogP contribution in [0.4, 0.5) is 0 Å². The lowest BCUT2D eigenvalue weighted by atomic mass is 10.1. The highest BCUT2D eigenvalue weighted by molar-refractivity contribution is 5.80. The van der Waals surface area contributed by atoms with Gasteiger partial charge in [0.05, 0.1) is 0 Å². The molecule has 12 heavy (non-hydrogen) atoms. The van der Waals surface area contributed by atoms with Crippen LogP contribution in [0.3, 0.4) is 0 Å². The fourth-order valence-electron chi connectivity index (χ4n) is 0.825. The number of allylic oxidation sites excluding steroid dienone is 3. The van der Waals surface area contributed by atoms with E-state index in [0.717, 1.165) is 18.1 Å². The molecule has 0 unspecified atom stereocenters. The van der Waals surface area contributed by atoms with Crippen LogP contribution >= 0.6 is 0 Å². The Morgan fingerprint density at radius 3 is 2.50 bits per heavy atom. The normalized spacial score (nSPS) is 15.1. The minimum atomic E-state index is -0.896. The standard InChI is InChI=1S/C10H16O2/c1-4-8(2)7-9(3)5-6-10(11)12/h5-8H,4H2,1-3H3,(H,11,12)/t8-/m0/s1. The Labute approximate surface area is 73.6 Å². The molecule has 0 fully saturated rings. The highest BCUT2D eigenvalue weighted by atomic mass is 16.4. The molecule has 0 bridgehead atoms. The van der Waals surface area contributed by atoms with Crippen LogP contribution in [0, 0.1) is 5.92 Å². The fourth-order valence-corrected chi connectivity index (χ4v) is 0.825. The molecular formula is C10H16O2. The Bertz CT molecular complexity index is 202. The van der Waals surface area contributed by atoms with E-state index in [1.165, 1.54) is 0 Å². The first-order valence-electron chi connectivity index (χ1n) is 4.15. The summed E-state index contributed by atoms with van der Waals surface area (Å²) in [5, 5.41) is 8.34. The lowest BCUT2D eigenvalue weighted by molar-refractivity contribution is -0.131. The van der Waals surface area contributed by atoms with Crippen molar-refractivity contribution in [2.45, 2.75) is 27.2 Å². The van der Waals surface area contributed by atoms with E-state index in [4.69, 9.17) is 5.11 Å². The summed E-state index contributed by atoms with van der Waals surface area (Å²) in [6, 6.07) is 0. The highest BCUT2D eigenvalue weighted by Gasteiger charge is 1.93. The number of hydrogen-bond donors (Lipinski definition) is 1. The van der Waals surface area contributed by atoms with E-state index in [1.54, 1.807) is 6.08 Å². The summed E-state index contributed by atoms with van der Waals surface area (Å²) in [7, 11) is 0.